The number of anilines is 1. The highest BCUT2D eigenvalue weighted by molar-refractivity contribution is 5.94. The van der Waals surface area contributed by atoms with Gasteiger partial charge < -0.3 is 34.3 Å². The molecule has 8 nitrogen and oxygen atoms in total. The van der Waals surface area contributed by atoms with Crippen molar-refractivity contribution < 1.29 is 23.7 Å². The van der Waals surface area contributed by atoms with Crippen molar-refractivity contribution in [3.05, 3.63) is 12.1 Å². The van der Waals surface area contributed by atoms with Gasteiger partial charge >= 0.3 is 0 Å². The van der Waals surface area contributed by atoms with Crippen molar-refractivity contribution in [3.8, 4) is 17.2 Å². The predicted molar refractivity (Wildman–Crippen MR) is 105 cm³/mol. The van der Waals surface area contributed by atoms with Gasteiger partial charge in [0, 0.05) is 51.2 Å². The summed E-state index contributed by atoms with van der Waals surface area (Å²) >= 11 is 0. The second-order valence-corrected chi connectivity index (χ2v) is 6.07. The van der Waals surface area contributed by atoms with Crippen molar-refractivity contribution in [2.24, 2.45) is 4.99 Å². The summed E-state index contributed by atoms with van der Waals surface area (Å²) in [5.74, 6) is 2.38. The lowest BCUT2D eigenvalue weighted by Gasteiger charge is -2.22. The van der Waals surface area contributed by atoms with Crippen molar-refractivity contribution >= 4 is 11.6 Å². The Hall–Kier alpha value is -2.19. The van der Waals surface area contributed by atoms with Gasteiger partial charge in [0.1, 0.15) is 0 Å². The molecule has 0 aliphatic carbocycles. The molecular formula is C19H31N3O5. The molecule has 2 N–H and O–H groups in total. The van der Waals surface area contributed by atoms with Crippen LogP contribution in [0.1, 0.15) is 19.3 Å². The lowest BCUT2D eigenvalue weighted by Crippen LogP contribution is -2.32. The molecule has 0 saturated carbocycles. The van der Waals surface area contributed by atoms with E-state index in [1.165, 1.54) is 0 Å². The van der Waals surface area contributed by atoms with Crippen LogP contribution in [0.4, 0.5) is 5.69 Å². The van der Waals surface area contributed by atoms with Gasteiger partial charge in [-0.15, -0.1) is 0 Å². The van der Waals surface area contributed by atoms with Crippen LogP contribution < -0.4 is 24.8 Å². The Labute approximate surface area is 161 Å². The van der Waals surface area contributed by atoms with E-state index in [2.05, 4.69) is 15.6 Å². The SMILES string of the molecule is CN=C(NCCCOC1CCOCC1)Nc1cc(OC)c(OC)c(OC)c1. The number of rotatable bonds is 9. The summed E-state index contributed by atoms with van der Waals surface area (Å²) in [7, 11) is 6.49. The van der Waals surface area contributed by atoms with E-state index in [0.717, 1.165) is 51.3 Å². The monoisotopic (exact) mass is 381 g/mol. The Balaban J connectivity index is 1.82. The van der Waals surface area contributed by atoms with E-state index in [1.807, 2.05) is 12.1 Å². The fourth-order valence-corrected chi connectivity index (χ4v) is 2.84. The fourth-order valence-electron chi connectivity index (χ4n) is 2.84. The molecule has 152 valence electrons. The van der Waals surface area contributed by atoms with E-state index in [4.69, 9.17) is 23.7 Å². The highest BCUT2D eigenvalue weighted by Crippen LogP contribution is 2.39. The summed E-state index contributed by atoms with van der Waals surface area (Å²) in [6.45, 7) is 3.08. The first-order valence-corrected chi connectivity index (χ1v) is 9.18. The fraction of sp³-hybridized carbons (Fsp3) is 0.632. The number of hydrogen-bond acceptors (Lipinski definition) is 6. The number of hydrogen-bond donors (Lipinski definition) is 2. The number of benzene rings is 1. The molecule has 8 heteroatoms. The van der Waals surface area contributed by atoms with Crippen LogP contribution in [-0.4, -0.2) is 66.8 Å². The standard InChI is InChI=1S/C19H31N3O5/c1-20-19(21-8-5-9-27-15-6-10-26-11-7-15)22-14-12-16(23-2)18(25-4)17(13-14)24-3/h12-13,15H,5-11H2,1-4H3,(H2,20,21,22). The van der Waals surface area contributed by atoms with Crippen LogP contribution in [0.25, 0.3) is 0 Å². The number of methoxy groups -OCH3 is 3. The molecule has 0 aromatic heterocycles. The van der Waals surface area contributed by atoms with Crippen molar-refractivity contribution in [2.75, 3.05) is 60.1 Å². The Morgan fingerprint density at radius 3 is 2.33 bits per heavy atom. The Morgan fingerprint density at radius 1 is 1.11 bits per heavy atom. The molecule has 1 fully saturated rings. The molecule has 1 aliphatic rings. The van der Waals surface area contributed by atoms with E-state index >= 15 is 0 Å². The normalized spacial score (nSPS) is 15.3. The van der Waals surface area contributed by atoms with Gasteiger partial charge in [-0.3, -0.25) is 4.99 Å². The second kappa shape index (κ2) is 11.5. The molecule has 0 unspecified atom stereocenters. The van der Waals surface area contributed by atoms with Crippen molar-refractivity contribution in [1.29, 1.82) is 0 Å². The molecule has 1 saturated heterocycles. The third kappa shape index (κ3) is 6.48. The van der Waals surface area contributed by atoms with Crippen LogP contribution in [0, 0.1) is 0 Å². The van der Waals surface area contributed by atoms with Crippen LogP contribution in [0.15, 0.2) is 17.1 Å². The van der Waals surface area contributed by atoms with E-state index in [1.54, 1.807) is 28.4 Å². The van der Waals surface area contributed by atoms with E-state index in [0.29, 0.717) is 29.3 Å². The van der Waals surface area contributed by atoms with Gasteiger partial charge in [-0.05, 0) is 19.3 Å². The van der Waals surface area contributed by atoms with Gasteiger partial charge in [-0.1, -0.05) is 0 Å². The van der Waals surface area contributed by atoms with Crippen LogP contribution in [0.3, 0.4) is 0 Å². The van der Waals surface area contributed by atoms with Crippen LogP contribution in [0.2, 0.25) is 0 Å². The molecule has 1 aliphatic heterocycles. The number of ether oxygens (including phenoxy) is 5. The number of guanidine groups is 1. The zero-order valence-corrected chi connectivity index (χ0v) is 16.7. The van der Waals surface area contributed by atoms with Crippen molar-refractivity contribution in [3.63, 3.8) is 0 Å². The third-order valence-electron chi connectivity index (χ3n) is 4.29. The van der Waals surface area contributed by atoms with Gasteiger partial charge in [-0.2, -0.15) is 0 Å². The van der Waals surface area contributed by atoms with Gasteiger partial charge in [-0.25, -0.2) is 0 Å². The molecule has 1 aromatic carbocycles. The van der Waals surface area contributed by atoms with Crippen LogP contribution in [-0.2, 0) is 9.47 Å². The Morgan fingerprint density at radius 2 is 1.78 bits per heavy atom. The van der Waals surface area contributed by atoms with E-state index < -0.39 is 0 Å². The van der Waals surface area contributed by atoms with Gasteiger partial charge in [0.05, 0.1) is 27.4 Å². The van der Waals surface area contributed by atoms with Crippen molar-refractivity contribution in [2.45, 2.75) is 25.4 Å². The Kier molecular flexibility index (Phi) is 9.00. The van der Waals surface area contributed by atoms with E-state index in [9.17, 15) is 0 Å². The smallest absolute Gasteiger partial charge is 0.203 e. The van der Waals surface area contributed by atoms with Gasteiger partial charge in [0.15, 0.2) is 17.5 Å². The largest absolute Gasteiger partial charge is 0.493 e. The molecule has 0 bridgehead atoms. The molecule has 1 heterocycles. The highest BCUT2D eigenvalue weighted by Gasteiger charge is 2.15. The molecule has 0 amide bonds. The summed E-state index contributed by atoms with van der Waals surface area (Å²) in [6, 6.07) is 3.67. The minimum absolute atomic E-state index is 0.329. The van der Waals surface area contributed by atoms with Crippen LogP contribution in [0.5, 0.6) is 17.2 Å². The van der Waals surface area contributed by atoms with E-state index in [-0.39, 0.29) is 0 Å². The zero-order valence-electron chi connectivity index (χ0n) is 16.7. The predicted octanol–water partition coefficient (Wildman–Crippen LogP) is 2.29. The molecule has 0 radical (unpaired) electrons. The zero-order chi connectivity index (χ0) is 19.5. The highest BCUT2D eigenvalue weighted by atomic mass is 16.5. The lowest BCUT2D eigenvalue weighted by atomic mass is 10.1. The molecule has 1 aromatic rings. The maximum Gasteiger partial charge on any atom is 0.203 e. The summed E-state index contributed by atoms with van der Waals surface area (Å²) < 4.78 is 27.3. The maximum atomic E-state index is 5.88. The molecule has 0 spiro atoms. The summed E-state index contributed by atoms with van der Waals surface area (Å²) in [6.07, 6.45) is 3.19. The minimum atomic E-state index is 0.329. The average molecular weight is 381 g/mol. The number of aliphatic imine (C=N–C) groups is 1. The minimum Gasteiger partial charge on any atom is -0.493 e. The van der Waals surface area contributed by atoms with Crippen LogP contribution >= 0.6 is 0 Å². The molecule has 0 atom stereocenters. The quantitative estimate of drug-likeness (QED) is 0.386. The molecule has 27 heavy (non-hydrogen) atoms. The molecular weight excluding hydrogens is 350 g/mol. The maximum absolute atomic E-state index is 5.88. The summed E-state index contributed by atoms with van der Waals surface area (Å²) in [4.78, 5) is 4.25. The number of nitrogens with one attached hydrogen (secondary N) is 2. The lowest BCUT2D eigenvalue weighted by molar-refractivity contribution is -0.0320. The topological polar surface area (TPSA) is 82.6 Å². The average Bonchev–Trinajstić information content (AvgIpc) is 2.72. The first-order valence-electron chi connectivity index (χ1n) is 9.18. The Bertz CT molecular complexity index is 578. The van der Waals surface area contributed by atoms with Gasteiger partial charge in [0.2, 0.25) is 5.75 Å². The summed E-state index contributed by atoms with van der Waals surface area (Å²) in [5, 5.41) is 6.52. The van der Waals surface area contributed by atoms with Gasteiger partial charge in [0.25, 0.3) is 0 Å². The first kappa shape index (κ1) is 21.1. The first-order chi connectivity index (χ1) is 13.2. The second-order valence-electron chi connectivity index (χ2n) is 6.07. The molecule has 2 rings (SSSR count). The summed E-state index contributed by atoms with van der Waals surface area (Å²) in [5.41, 5.74) is 0.788. The number of nitrogens with zero attached hydrogens (tertiary/aromatic N) is 1. The third-order valence-corrected chi connectivity index (χ3v) is 4.29. The van der Waals surface area contributed by atoms with Crippen molar-refractivity contribution in [1.82, 2.24) is 5.32 Å².